The Labute approximate surface area is 116 Å². The van der Waals surface area contributed by atoms with Crippen LogP contribution in [0.3, 0.4) is 0 Å². The Morgan fingerprint density at radius 1 is 1.37 bits per heavy atom. The topological polar surface area (TPSA) is 51.2 Å². The first-order chi connectivity index (χ1) is 9.15. The highest BCUT2D eigenvalue weighted by atomic mass is 35.5. The Balaban J connectivity index is 1.90. The molecule has 0 bridgehead atoms. The van der Waals surface area contributed by atoms with Crippen molar-refractivity contribution in [1.29, 1.82) is 0 Å². The summed E-state index contributed by atoms with van der Waals surface area (Å²) in [7, 11) is 0. The number of nitrogens with zero attached hydrogens (tertiary/aromatic N) is 1. The van der Waals surface area contributed by atoms with Crippen molar-refractivity contribution in [3.63, 3.8) is 0 Å². The molecule has 0 fully saturated rings. The molecule has 2 aromatic rings. The van der Waals surface area contributed by atoms with E-state index in [1.807, 2.05) is 25.1 Å². The Morgan fingerprint density at radius 3 is 2.95 bits per heavy atom. The second-order valence-electron chi connectivity index (χ2n) is 4.00. The van der Waals surface area contributed by atoms with Crippen LogP contribution in [-0.2, 0) is 4.79 Å². The van der Waals surface area contributed by atoms with Crippen LogP contribution in [0.1, 0.15) is 5.56 Å². The fourth-order valence-electron chi connectivity index (χ4n) is 1.52. The van der Waals surface area contributed by atoms with Gasteiger partial charge in [-0.2, -0.15) is 0 Å². The van der Waals surface area contributed by atoms with E-state index in [0.29, 0.717) is 11.4 Å². The van der Waals surface area contributed by atoms with E-state index in [2.05, 4.69) is 10.3 Å². The molecule has 0 aliphatic heterocycles. The molecule has 1 aromatic heterocycles. The summed E-state index contributed by atoms with van der Waals surface area (Å²) in [6, 6.07) is 10.9. The van der Waals surface area contributed by atoms with Gasteiger partial charge in [-0.1, -0.05) is 23.7 Å². The van der Waals surface area contributed by atoms with E-state index in [-0.39, 0.29) is 17.7 Å². The summed E-state index contributed by atoms with van der Waals surface area (Å²) in [5.74, 6) is 0.379. The Hall–Kier alpha value is -2.07. The molecule has 0 saturated heterocycles. The molecule has 1 aromatic carbocycles. The van der Waals surface area contributed by atoms with Gasteiger partial charge in [0.2, 0.25) is 0 Å². The molecule has 0 aliphatic carbocycles. The molecular weight excluding hydrogens is 264 g/mol. The molecular formula is C14H13ClN2O2. The summed E-state index contributed by atoms with van der Waals surface area (Å²) in [4.78, 5) is 15.6. The number of nitrogens with one attached hydrogen (secondary N) is 1. The minimum Gasteiger partial charge on any atom is -0.484 e. The average molecular weight is 277 g/mol. The molecule has 19 heavy (non-hydrogen) atoms. The quantitative estimate of drug-likeness (QED) is 0.873. The van der Waals surface area contributed by atoms with Gasteiger partial charge in [0.05, 0.1) is 5.69 Å². The van der Waals surface area contributed by atoms with Gasteiger partial charge in [-0.25, -0.2) is 4.98 Å². The van der Waals surface area contributed by atoms with Gasteiger partial charge in [0, 0.05) is 6.20 Å². The summed E-state index contributed by atoms with van der Waals surface area (Å²) < 4.78 is 5.39. The second kappa shape index (κ2) is 6.20. The summed E-state index contributed by atoms with van der Waals surface area (Å²) >= 11 is 5.84. The van der Waals surface area contributed by atoms with Gasteiger partial charge in [0.1, 0.15) is 5.75 Å². The lowest BCUT2D eigenvalue weighted by Crippen LogP contribution is -2.20. The van der Waals surface area contributed by atoms with E-state index >= 15 is 0 Å². The minimum atomic E-state index is -0.281. The fraction of sp³-hybridized carbons (Fsp3) is 0.143. The zero-order chi connectivity index (χ0) is 13.7. The number of aryl methyl sites for hydroxylation is 1. The highest BCUT2D eigenvalue weighted by Gasteiger charge is 2.06. The van der Waals surface area contributed by atoms with Crippen molar-refractivity contribution in [1.82, 2.24) is 4.98 Å². The standard InChI is InChI=1S/C14H13ClN2O2/c1-10-4-2-5-11(8-10)19-9-13(18)17-12-6-3-7-16-14(12)15/h2-8H,9H2,1H3,(H,17,18). The van der Waals surface area contributed by atoms with Crippen molar-refractivity contribution < 1.29 is 9.53 Å². The van der Waals surface area contributed by atoms with Crippen LogP contribution in [0.25, 0.3) is 0 Å². The molecule has 0 aliphatic rings. The number of aromatic nitrogens is 1. The maximum Gasteiger partial charge on any atom is 0.262 e. The van der Waals surface area contributed by atoms with Gasteiger partial charge in [-0.15, -0.1) is 0 Å². The van der Waals surface area contributed by atoms with Crippen LogP contribution in [0, 0.1) is 6.92 Å². The number of ether oxygens (including phenoxy) is 1. The first-order valence-corrected chi connectivity index (χ1v) is 6.13. The normalized spacial score (nSPS) is 10.0. The second-order valence-corrected chi connectivity index (χ2v) is 4.35. The summed E-state index contributed by atoms with van der Waals surface area (Å²) in [6.07, 6.45) is 1.56. The highest BCUT2D eigenvalue weighted by molar-refractivity contribution is 6.32. The van der Waals surface area contributed by atoms with Gasteiger partial charge in [0.25, 0.3) is 5.91 Å². The van der Waals surface area contributed by atoms with Crippen molar-refractivity contribution in [2.45, 2.75) is 6.92 Å². The number of pyridine rings is 1. The average Bonchev–Trinajstić information content (AvgIpc) is 2.39. The first-order valence-electron chi connectivity index (χ1n) is 5.75. The van der Waals surface area contributed by atoms with Crippen molar-refractivity contribution in [3.8, 4) is 5.75 Å². The van der Waals surface area contributed by atoms with E-state index in [9.17, 15) is 4.79 Å². The molecule has 1 heterocycles. The highest BCUT2D eigenvalue weighted by Crippen LogP contribution is 2.17. The third kappa shape index (κ3) is 3.96. The zero-order valence-electron chi connectivity index (χ0n) is 10.4. The maximum atomic E-state index is 11.7. The van der Waals surface area contributed by atoms with Crippen LogP contribution in [0.2, 0.25) is 5.15 Å². The molecule has 0 unspecified atom stereocenters. The molecule has 5 heteroatoms. The number of carbonyl (C=O) groups is 1. The molecule has 1 N–H and O–H groups in total. The number of halogens is 1. The van der Waals surface area contributed by atoms with Gasteiger partial charge in [-0.3, -0.25) is 4.79 Å². The Morgan fingerprint density at radius 2 is 2.21 bits per heavy atom. The van der Waals surface area contributed by atoms with Crippen molar-refractivity contribution in [2.75, 3.05) is 11.9 Å². The monoisotopic (exact) mass is 276 g/mol. The number of amides is 1. The number of anilines is 1. The first kappa shape index (κ1) is 13.4. The molecule has 2 rings (SSSR count). The van der Waals surface area contributed by atoms with E-state index in [4.69, 9.17) is 16.3 Å². The third-order valence-corrected chi connectivity index (χ3v) is 2.69. The van der Waals surface area contributed by atoms with Crippen LogP contribution in [0.5, 0.6) is 5.75 Å². The van der Waals surface area contributed by atoms with E-state index in [1.54, 1.807) is 24.4 Å². The number of hydrogen-bond acceptors (Lipinski definition) is 3. The van der Waals surface area contributed by atoms with E-state index in [0.717, 1.165) is 5.56 Å². The maximum absolute atomic E-state index is 11.7. The van der Waals surface area contributed by atoms with Gasteiger partial charge in [0.15, 0.2) is 11.8 Å². The van der Waals surface area contributed by atoms with Crippen LogP contribution in [-0.4, -0.2) is 17.5 Å². The van der Waals surface area contributed by atoms with Crippen molar-refractivity contribution >= 4 is 23.2 Å². The predicted octanol–water partition coefficient (Wildman–Crippen LogP) is 3.06. The lowest BCUT2D eigenvalue weighted by Gasteiger charge is -2.08. The molecule has 1 amide bonds. The molecule has 4 nitrogen and oxygen atoms in total. The number of benzene rings is 1. The van der Waals surface area contributed by atoms with Crippen molar-refractivity contribution in [2.24, 2.45) is 0 Å². The predicted molar refractivity (Wildman–Crippen MR) is 74.6 cm³/mol. The third-order valence-electron chi connectivity index (χ3n) is 2.39. The van der Waals surface area contributed by atoms with Gasteiger partial charge < -0.3 is 10.1 Å². The van der Waals surface area contributed by atoms with Crippen LogP contribution >= 0.6 is 11.6 Å². The SMILES string of the molecule is Cc1cccc(OCC(=O)Nc2cccnc2Cl)c1. The van der Waals surface area contributed by atoms with Crippen LogP contribution in [0.4, 0.5) is 5.69 Å². The summed E-state index contributed by atoms with van der Waals surface area (Å²) in [5, 5.41) is 2.89. The lowest BCUT2D eigenvalue weighted by atomic mass is 10.2. The van der Waals surface area contributed by atoms with Gasteiger partial charge >= 0.3 is 0 Å². The van der Waals surface area contributed by atoms with Crippen LogP contribution < -0.4 is 10.1 Å². The number of rotatable bonds is 4. The Bertz CT molecular complexity index is 587. The van der Waals surface area contributed by atoms with Crippen molar-refractivity contribution in [3.05, 3.63) is 53.3 Å². The number of carbonyl (C=O) groups excluding carboxylic acids is 1. The zero-order valence-corrected chi connectivity index (χ0v) is 11.1. The molecule has 0 atom stereocenters. The molecule has 0 radical (unpaired) electrons. The summed E-state index contributed by atoms with van der Waals surface area (Å²) in [5.41, 5.74) is 1.55. The largest absolute Gasteiger partial charge is 0.484 e. The molecule has 0 spiro atoms. The van der Waals surface area contributed by atoms with E-state index < -0.39 is 0 Å². The Kier molecular flexibility index (Phi) is 4.36. The molecule has 98 valence electrons. The number of hydrogen-bond donors (Lipinski definition) is 1. The van der Waals surface area contributed by atoms with Crippen LogP contribution in [0.15, 0.2) is 42.6 Å². The van der Waals surface area contributed by atoms with Gasteiger partial charge in [-0.05, 0) is 36.8 Å². The minimum absolute atomic E-state index is 0.0747. The molecule has 0 saturated carbocycles. The smallest absolute Gasteiger partial charge is 0.262 e. The lowest BCUT2D eigenvalue weighted by molar-refractivity contribution is -0.118. The summed E-state index contributed by atoms with van der Waals surface area (Å²) in [6.45, 7) is 1.89. The van der Waals surface area contributed by atoms with E-state index in [1.165, 1.54) is 0 Å². The fourth-order valence-corrected chi connectivity index (χ4v) is 1.69.